The molecule has 27 heavy (non-hydrogen) atoms. The van der Waals surface area contributed by atoms with Gasteiger partial charge in [-0.1, -0.05) is 12.1 Å². The number of nitrogens with one attached hydrogen (secondary N) is 2. The average molecular weight is 361 g/mol. The first-order valence-corrected chi connectivity index (χ1v) is 8.27. The van der Waals surface area contributed by atoms with Crippen LogP contribution in [-0.2, 0) is 0 Å². The lowest BCUT2D eigenvalue weighted by atomic mass is 10.1. The number of rotatable bonds is 5. The molecule has 0 aromatic heterocycles. The summed E-state index contributed by atoms with van der Waals surface area (Å²) >= 11 is 0. The van der Waals surface area contributed by atoms with Crippen molar-refractivity contribution < 1.29 is 14.3 Å². The van der Waals surface area contributed by atoms with E-state index in [0.29, 0.717) is 33.9 Å². The van der Waals surface area contributed by atoms with Crippen LogP contribution in [0.3, 0.4) is 0 Å². The summed E-state index contributed by atoms with van der Waals surface area (Å²) in [5.41, 5.74) is 8.25. The van der Waals surface area contributed by atoms with E-state index in [-0.39, 0.29) is 11.8 Å². The van der Waals surface area contributed by atoms with Crippen LogP contribution < -0.4 is 21.1 Å². The van der Waals surface area contributed by atoms with E-state index >= 15 is 0 Å². The highest BCUT2D eigenvalue weighted by Crippen LogP contribution is 2.18. The van der Waals surface area contributed by atoms with Gasteiger partial charge in [0, 0.05) is 28.2 Å². The summed E-state index contributed by atoms with van der Waals surface area (Å²) in [6.45, 7) is 0. The largest absolute Gasteiger partial charge is 0.497 e. The molecular weight excluding hydrogens is 342 g/mol. The van der Waals surface area contributed by atoms with Gasteiger partial charge in [0.15, 0.2) is 0 Å². The predicted molar refractivity (Wildman–Crippen MR) is 106 cm³/mol. The van der Waals surface area contributed by atoms with Crippen molar-refractivity contribution in [2.75, 3.05) is 23.5 Å². The highest BCUT2D eigenvalue weighted by molar-refractivity contribution is 6.07. The Labute approximate surface area is 157 Å². The second kappa shape index (κ2) is 8.05. The van der Waals surface area contributed by atoms with Crippen molar-refractivity contribution in [3.05, 3.63) is 83.9 Å². The minimum atomic E-state index is -0.296. The van der Waals surface area contributed by atoms with E-state index in [4.69, 9.17) is 10.5 Å². The summed E-state index contributed by atoms with van der Waals surface area (Å²) in [5, 5.41) is 5.57. The number of benzene rings is 3. The number of carbonyl (C=O) groups is 2. The molecule has 0 radical (unpaired) electrons. The fourth-order valence-corrected chi connectivity index (χ4v) is 2.50. The highest BCUT2D eigenvalue weighted by Gasteiger charge is 2.10. The van der Waals surface area contributed by atoms with Crippen molar-refractivity contribution in [1.82, 2.24) is 0 Å². The minimum absolute atomic E-state index is 0.278. The molecule has 0 spiro atoms. The molecule has 0 atom stereocenters. The lowest BCUT2D eigenvalue weighted by Gasteiger charge is -2.09. The van der Waals surface area contributed by atoms with Crippen LogP contribution in [0.2, 0.25) is 0 Å². The zero-order valence-corrected chi connectivity index (χ0v) is 14.7. The van der Waals surface area contributed by atoms with Crippen LogP contribution in [-0.4, -0.2) is 18.9 Å². The molecule has 0 saturated carbocycles. The SMILES string of the molecule is COc1ccc(NC(=O)c2cccc(NC(=O)c3cccc(N)c3)c2)cc1. The van der Waals surface area contributed by atoms with E-state index in [2.05, 4.69) is 10.6 Å². The Kier molecular flexibility index (Phi) is 5.37. The third-order valence-corrected chi connectivity index (χ3v) is 3.88. The van der Waals surface area contributed by atoms with E-state index in [1.807, 2.05) is 0 Å². The average Bonchev–Trinajstić information content (AvgIpc) is 2.68. The van der Waals surface area contributed by atoms with Crippen molar-refractivity contribution >= 4 is 28.9 Å². The molecule has 0 fully saturated rings. The Morgan fingerprint density at radius 2 is 1.37 bits per heavy atom. The van der Waals surface area contributed by atoms with Gasteiger partial charge in [0.25, 0.3) is 11.8 Å². The molecule has 0 aliphatic heterocycles. The van der Waals surface area contributed by atoms with Gasteiger partial charge in [0.1, 0.15) is 5.75 Å². The summed E-state index contributed by atoms with van der Waals surface area (Å²) in [7, 11) is 1.58. The van der Waals surface area contributed by atoms with Crippen molar-refractivity contribution in [3.63, 3.8) is 0 Å². The number of methoxy groups -OCH3 is 1. The third kappa shape index (κ3) is 4.64. The summed E-state index contributed by atoms with van der Waals surface area (Å²) in [6, 6.07) is 20.4. The van der Waals surface area contributed by atoms with Gasteiger partial charge in [-0.2, -0.15) is 0 Å². The summed E-state index contributed by atoms with van der Waals surface area (Å²) in [6.07, 6.45) is 0. The maximum absolute atomic E-state index is 12.4. The summed E-state index contributed by atoms with van der Waals surface area (Å²) in [4.78, 5) is 24.8. The van der Waals surface area contributed by atoms with Crippen LogP contribution in [0.15, 0.2) is 72.8 Å². The van der Waals surface area contributed by atoms with Crippen LogP contribution in [0.5, 0.6) is 5.75 Å². The molecule has 3 aromatic rings. The molecule has 0 unspecified atom stereocenters. The van der Waals surface area contributed by atoms with Crippen molar-refractivity contribution in [2.45, 2.75) is 0 Å². The Bertz CT molecular complexity index is 968. The predicted octanol–water partition coefficient (Wildman–Crippen LogP) is 3.78. The fraction of sp³-hybridized carbons (Fsp3) is 0.0476. The van der Waals surface area contributed by atoms with Crippen LogP contribution in [0.1, 0.15) is 20.7 Å². The molecule has 0 heterocycles. The number of nitrogen functional groups attached to an aromatic ring is 1. The van der Waals surface area contributed by atoms with E-state index in [1.54, 1.807) is 79.9 Å². The number of carbonyl (C=O) groups excluding carboxylic acids is 2. The van der Waals surface area contributed by atoms with Gasteiger partial charge in [-0.25, -0.2) is 0 Å². The molecular formula is C21H19N3O3. The zero-order valence-electron chi connectivity index (χ0n) is 14.7. The number of hydrogen-bond donors (Lipinski definition) is 3. The molecule has 3 rings (SSSR count). The standard InChI is InChI=1S/C21H19N3O3/c1-27-19-10-8-17(9-11-19)23-21(26)15-5-3-7-18(13-15)24-20(25)14-4-2-6-16(22)12-14/h2-13H,22H2,1H3,(H,23,26)(H,24,25). The van der Waals surface area contributed by atoms with Crippen LogP contribution >= 0.6 is 0 Å². The van der Waals surface area contributed by atoms with Gasteiger partial charge in [-0.05, 0) is 60.7 Å². The van der Waals surface area contributed by atoms with Crippen LogP contribution in [0, 0.1) is 0 Å². The van der Waals surface area contributed by atoms with E-state index in [0.717, 1.165) is 0 Å². The lowest BCUT2D eigenvalue weighted by molar-refractivity contribution is 0.101. The summed E-state index contributed by atoms with van der Waals surface area (Å²) < 4.78 is 5.09. The Balaban J connectivity index is 1.70. The van der Waals surface area contributed by atoms with Gasteiger partial charge in [-0.3, -0.25) is 9.59 Å². The number of hydrogen-bond acceptors (Lipinski definition) is 4. The van der Waals surface area contributed by atoms with Gasteiger partial charge >= 0.3 is 0 Å². The quantitative estimate of drug-likeness (QED) is 0.603. The number of ether oxygens (including phenoxy) is 1. The fourth-order valence-electron chi connectivity index (χ4n) is 2.50. The molecule has 136 valence electrons. The van der Waals surface area contributed by atoms with Gasteiger partial charge in [0.2, 0.25) is 0 Å². The topological polar surface area (TPSA) is 93.5 Å². The molecule has 0 saturated heterocycles. The molecule has 6 heteroatoms. The van der Waals surface area contributed by atoms with Crippen molar-refractivity contribution in [3.8, 4) is 5.75 Å². The normalized spacial score (nSPS) is 10.1. The van der Waals surface area contributed by atoms with Crippen molar-refractivity contribution in [2.24, 2.45) is 0 Å². The maximum atomic E-state index is 12.4. The molecule has 0 aliphatic rings. The Morgan fingerprint density at radius 1 is 0.778 bits per heavy atom. The zero-order chi connectivity index (χ0) is 19.2. The maximum Gasteiger partial charge on any atom is 0.255 e. The number of amides is 2. The van der Waals surface area contributed by atoms with Gasteiger partial charge in [0.05, 0.1) is 7.11 Å². The molecule has 4 N–H and O–H groups in total. The molecule has 0 bridgehead atoms. The van der Waals surface area contributed by atoms with Crippen molar-refractivity contribution in [1.29, 1.82) is 0 Å². The number of anilines is 3. The van der Waals surface area contributed by atoms with Gasteiger partial charge in [-0.15, -0.1) is 0 Å². The third-order valence-electron chi connectivity index (χ3n) is 3.88. The first-order chi connectivity index (χ1) is 13.0. The molecule has 6 nitrogen and oxygen atoms in total. The molecule has 2 amide bonds. The molecule has 3 aromatic carbocycles. The first-order valence-electron chi connectivity index (χ1n) is 8.27. The van der Waals surface area contributed by atoms with E-state index < -0.39 is 0 Å². The second-order valence-electron chi connectivity index (χ2n) is 5.84. The molecule has 0 aliphatic carbocycles. The van der Waals surface area contributed by atoms with Crippen LogP contribution in [0.4, 0.5) is 17.1 Å². The van der Waals surface area contributed by atoms with E-state index in [1.165, 1.54) is 0 Å². The second-order valence-corrected chi connectivity index (χ2v) is 5.84. The minimum Gasteiger partial charge on any atom is -0.497 e. The van der Waals surface area contributed by atoms with Crippen LogP contribution in [0.25, 0.3) is 0 Å². The Morgan fingerprint density at radius 3 is 2.00 bits per heavy atom. The highest BCUT2D eigenvalue weighted by atomic mass is 16.5. The van der Waals surface area contributed by atoms with E-state index in [9.17, 15) is 9.59 Å². The van der Waals surface area contributed by atoms with Gasteiger partial charge < -0.3 is 21.1 Å². The Hall–Kier alpha value is -3.80. The first kappa shape index (κ1) is 18.0. The lowest BCUT2D eigenvalue weighted by Crippen LogP contribution is -2.14. The monoisotopic (exact) mass is 361 g/mol. The summed E-state index contributed by atoms with van der Waals surface area (Å²) in [5.74, 6) is 0.134. The number of nitrogens with two attached hydrogens (primary N) is 1. The smallest absolute Gasteiger partial charge is 0.255 e.